The van der Waals surface area contributed by atoms with Crippen LogP contribution in [0.1, 0.15) is 70.6 Å². The molecule has 46 heavy (non-hydrogen) atoms. The van der Waals surface area contributed by atoms with Gasteiger partial charge < -0.3 is 25.4 Å². The summed E-state index contributed by atoms with van der Waals surface area (Å²) in [5, 5.41) is 8.77. The van der Waals surface area contributed by atoms with Crippen LogP contribution in [0.25, 0.3) is 0 Å². The number of benzene rings is 3. The van der Waals surface area contributed by atoms with Gasteiger partial charge in [-0.05, 0) is 57.2 Å². The van der Waals surface area contributed by atoms with Crippen LogP contribution in [-0.2, 0) is 29.4 Å². The number of esters is 1. The van der Waals surface area contributed by atoms with E-state index in [-0.39, 0.29) is 25.4 Å². The third-order valence-electron chi connectivity index (χ3n) is 7.12. The Morgan fingerprint density at radius 3 is 1.70 bits per heavy atom. The van der Waals surface area contributed by atoms with Gasteiger partial charge in [-0.1, -0.05) is 104 Å². The summed E-state index contributed by atoms with van der Waals surface area (Å²) in [4.78, 5) is 51.6. The van der Waals surface area contributed by atoms with Crippen molar-refractivity contribution in [3.8, 4) is 0 Å². The zero-order valence-corrected chi connectivity index (χ0v) is 27.2. The van der Waals surface area contributed by atoms with Gasteiger partial charge in [-0.25, -0.2) is 9.59 Å². The zero-order valence-electron chi connectivity index (χ0n) is 27.2. The molecule has 0 heterocycles. The summed E-state index contributed by atoms with van der Waals surface area (Å²) in [5.41, 5.74) is 0.918. The van der Waals surface area contributed by atoms with E-state index >= 15 is 0 Å². The Balaban J connectivity index is 1.87. The van der Waals surface area contributed by atoms with Gasteiger partial charge in [0.2, 0.25) is 11.8 Å². The molecule has 0 saturated carbocycles. The number of hydrogen-bond donors (Lipinski definition) is 3. The molecule has 3 N–H and O–H groups in total. The lowest BCUT2D eigenvalue weighted by Crippen LogP contribution is -2.50. The van der Waals surface area contributed by atoms with Crippen molar-refractivity contribution >= 4 is 23.9 Å². The third-order valence-corrected chi connectivity index (χ3v) is 7.12. The van der Waals surface area contributed by atoms with E-state index in [1.54, 1.807) is 34.6 Å². The number of rotatable bonds is 14. The highest BCUT2D eigenvalue weighted by atomic mass is 16.6. The first-order valence-electron chi connectivity index (χ1n) is 15.6. The number of hydrogen-bond acceptors (Lipinski definition) is 6. The molecule has 0 aromatic heterocycles. The average molecular weight is 628 g/mol. The molecule has 3 aromatic rings. The largest absolute Gasteiger partial charge is 0.463 e. The lowest BCUT2D eigenvalue weighted by molar-refractivity contribution is -0.137. The maximum atomic E-state index is 13.9. The fraction of sp³-hybridized carbons (Fsp3) is 0.351. The van der Waals surface area contributed by atoms with Gasteiger partial charge in [-0.3, -0.25) is 9.59 Å². The Kier molecular flexibility index (Phi) is 13.1. The molecule has 0 fully saturated rings. The molecule has 0 aliphatic heterocycles. The third kappa shape index (κ3) is 10.3. The molecule has 3 amide bonds. The lowest BCUT2D eigenvalue weighted by Gasteiger charge is -2.37. The molecule has 244 valence electrons. The molecule has 0 aliphatic carbocycles. The second-order valence-electron chi connectivity index (χ2n) is 11.8. The molecule has 3 aromatic carbocycles. The van der Waals surface area contributed by atoms with Crippen molar-refractivity contribution in [1.29, 1.82) is 0 Å². The maximum Gasteiger partial charge on any atom is 0.408 e. The van der Waals surface area contributed by atoms with Gasteiger partial charge in [0.25, 0.3) is 0 Å². The average Bonchev–Trinajstić information content (AvgIpc) is 3.04. The first-order valence-corrected chi connectivity index (χ1v) is 15.6. The summed E-state index contributed by atoms with van der Waals surface area (Å²) >= 11 is 0. The van der Waals surface area contributed by atoms with Crippen LogP contribution in [0.5, 0.6) is 0 Å². The second-order valence-corrected chi connectivity index (χ2v) is 11.8. The Morgan fingerprint density at radius 1 is 0.761 bits per heavy atom. The van der Waals surface area contributed by atoms with Crippen LogP contribution >= 0.6 is 0 Å². The Bertz CT molecular complexity index is 1360. The predicted octanol–water partition coefficient (Wildman–Crippen LogP) is 5.78. The smallest absolute Gasteiger partial charge is 0.408 e. The first-order chi connectivity index (χ1) is 22.0. The molecule has 0 saturated heterocycles. The number of alkyl carbamates (subject to hydrolysis) is 1. The van der Waals surface area contributed by atoms with E-state index < -0.39 is 41.2 Å². The standard InChI is InChI=1S/C37H45N3O6/c1-6-31(39-35(44)46-36(3,4)5)34(43)38-30(24-26-33(42)45-7-2)23-25-32(41)40-37(27-17-11-8-12-18-27,28-19-13-9-14-20-28)29-21-15-10-16-22-29/h8-22,24,26,30-31H,6-7,23,25H2,1-5H3,(H,38,43)(H,39,44)(H,40,41)/b26-24+/t30-,31-/m0/s1. The van der Waals surface area contributed by atoms with Crippen molar-refractivity contribution in [3.63, 3.8) is 0 Å². The molecular weight excluding hydrogens is 582 g/mol. The van der Waals surface area contributed by atoms with Gasteiger partial charge >= 0.3 is 12.1 Å². The number of carbonyl (C=O) groups is 4. The summed E-state index contributed by atoms with van der Waals surface area (Å²) in [7, 11) is 0. The normalized spacial score (nSPS) is 12.9. The van der Waals surface area contributed by atoms with E-state index in [0.717, 1.165) is 16.7 Å². The Hall–Kier alpha value is -4.92. The number of amides is 3. The van der Waals surface area contributed by atoms with Crippen LogP contribution < -0.4 is 16.0 Å². The fourth-order valence-corrected chi connectivity index (χ4v) is 5.03. The molecule has 9 heteroatoms. The van der Waals surface area contributed by atoms with Crippen LogP contribution in [0.2, 0.25) is 0 Å². The van der Waals surface area contributed by atoms with E-state index in [2.05, 4.69) is 16.0 Å². The highest BCUT2D eigenvalue weighted by Gasteiger charge is 2.38. The highest BCUT2D eigenvalue weighted by Crippen LogP contribution is 2.37. The van der Waals surface area contributed by atoms with E-state index in [1.807, 2.05) is 91.0 Å². The highest BCUT2D eigenvalue weighted by molar-refractivity contribution is 5.87. The molecular formula is C37H45N3O6. The van der Waals surface area contributed by atoms with Crippen LogP contribution in [0.3, 0.4) is 0 Å². The Morgan fingerprint density at radius 2 is 1.26 bits per heavy atom. The van der Waals surface area contributed by atoms with E-state index in [1.165, 1.54) is 12.2 Å². The molecule has 2 atom stereocenters. The van der Waals surface area contributed by atoms with Gasteiger partial charge in [0.05, 0.1) is 6.61 Å². The zero-order chi connectivity index (χ0) is 33.6. The first kappa shape index (κ1) is 35.6. The fourth-order valence-electron chi connectivity index (χ4n) is 5.03. The van der Waals surface area contributed by atoms with Crippen molar-refractivity contribution in [2.24, 2.45) is 0 Å². The summed E-state index contributed by atoms with van der Waals surface area (Å²) in [6, 6.07) is 27.7. The molecule has 3 rings (SSSR count). The van der Waals surface area contributed by atoms with E-state index in [0.29, 0.717) is 6.42 Å². The lowest BCUT2D eigenvalue weighted by atomic mass is 9.77. The van der Waals surface area contributed by atoms with Gasteiger partial charge in [0, 0.05) is 18.5 Å². The van der Waals surface area contributed by atoms with Crippen LogP contribution in [0.15, 0.2) is 103 Å². The minimum Gasteiger partial charge on any atom is -0.463 e. The maximum absolute atomic E-state index is 13.9. The molecule has 0 radical (unpaired) electrons. The molecule has 0 spiro atoms. The topological polar surface area (TPSA) is 123 Å². The minimum absolute atomic E-state index is 0.0165. The van der Waals surface area contributed by atoms with E-state index in [4.69, 9.17) is 9.47 Å². The van der Waals surface area contributed by atoms with Crippen molar-refractivity contribution < 1.29 is 28.7 Å². The molecule has 0 unspecified atom stereocenters. The van der Waals surface area contributed by atoms with Crippen molar-refractivity contribution in [2.75, 3.05) is 6.61 Å². The summed E-state index contributed by atoms with van der Waals surface area (Å²) in [6.07, 6.45) is 2.51. The monoisotopic (exact) mass is 627 g/mol. The van der Waals surface area contributed by atoms with Gasteiger partial charge in [0.1, 0.15) is 17.2 Å². The SMILES string of the molecule is CCOC(=O)/C=C/[C@H](CCC(=O)NC(c1ccccc1)(c1ccccc1)c1ccccc1)NC(=O)[C@H](CC)NC(=O)OC(C)(C)C. The van der Waals surface area contributed by atoms with Crippen molar-refractivity contribution in [3.05, 3.63) is 120 Å². The number of ether oxygens (including phenoxy) is 2. The van der Waals surface area contributed by atoms with Crippen molar-refractivity contribution in [1.82, 2.24) is 16.0 Å². The van der Waals surface area contributed by atoms with Crippen molar-refractivity contribution in [2.45, 2.75) is 77.1 Å². The molecule has 0 aliphatic rings. The van der Waals surface area contributed by atoms with E-state index in [9.17, 15) is 19.2 Å². The quantitative estimate of drug-likeness (QED) is 0.118. The summed E-state index contributed by atoms with van der Waals surface area (Å²) in [6.45, 7) is 8.85. The van der Waals surface area contributed by atoms with Gasteiger partial charge in [0.15, 0.2) is 0 Å². The second kappa shape index (κ2) is 17.0. The molecule has 9 nitrogen and oxygen atoms in total. The van der Waals surface area contributed by atoms with Gasteiger partial charge in [-0.15, -0.1) is 0 Å². The van der Waals surface area contributed by atoms with Gasteiger partial charge in [-0.2, -0.15) is 0 Å². The Labute approximate surface area is 271 Å². The summed E-state index contributed by atoms with van der Waals surface area (Å²) in [5.74, 6) is -1.31. The van der Waals surface area contributed by atoms with Crippen LogP contribution in [-0.4, -0.2) is 48.2 Å². The number of nitrogens with one attached hydrogen (secondary N) is 3. The van der Waals surface area contributed by atoms with Crippen LogP contribution in [0, 0.1) is 0 Å². The summed E-state index contributed by atoms with van der Waals surface area (Å²) < 4.78 is 10.3. The minimum atomic E-state index is -0.995. The number of carbonyl (C=O) groups excluding carboxylic acids is 4. The van der Waals surface area contributed by atoms with Crippen LogP contribution in [0.4, 0.5) is 4.79 Å². The predicted molar refractivity (Wildman–Crippen MR) is 178 cm³/mol. The molecule has 0 bridgehead atoms.